The molecule has 0 radical (unpaired) electrons. The van der Waals surface area contributed by atoms with Gasteiger partial charge in [-0.15, -0.1) is 10.2 Å². The van der Waals surface area contributed by atoms with Gasteiger partial charge < -0.3 is 9.88 Å². The van der Waals surface area contributed by atoms with Crippen molar-refractivity contribution < 1.29 is 4.79 Å². The Kier molecular flexibility index (Phi) is 5.49. The summed E-state index contributed by atoms with van der Waals surface area (Å²) in [6, 6.07) is 15.0. The van der Waals surface area contributed by atoms with Crippen LogP contribution in [0.25, 0.3) is 22.3 Å². The molecule has 1 amide bonds. The standard InChI is InChI=1S/C24H24N6O2/c31-21-16-25-30(20-10-4-3-9-19(20)21)14-12-23(32)26-18-8-6-7-17(15-18)24-28-27-22-11-2-1-5-13-29(22)24/h3-4,6-10,15-16H,1-2,5,11-14H2,(H,26,32). The molecule has 5 rings (SSSR count). The Bertz CT molecular complexity index is 1340. The van der Waals surface area contributed by atoms with Gasteiger partial charge in [0.1, 0.15) is 5.82 Å². The molecule has 0 spiro atoms. The van der Waals surface area contributed by atoms with Crippen LogP contribution < -0.4 is 10.7 Å². The number of hydrogen-bond donors (Lipinski definition) is 1. The Hall–Kier alpha value is -3.81. The minimum Gasteiger partial charge on any atom is -0.326 e. The molecular formula is C24H24N6O2. The van der Waals surface area contributed by atoms with Gasteiger partial charge in [0.15, 0.2) is 5.82 Å². The quantitative estimate of drug-likeness (QED) is 0.526. The fraction of sp³-hybridized carbons (Fsp3) is 0.292. The summed E-state index contributed by atoms with van der Waals surface area (Å²) < 4.78 is 3.89. The van der Waals surface area contributed by atoms with E-state index in [0.29, 0.717) is 11.9 Å². The summed E-state index contributed by atoms with van der Waals surface area (Å²) >= 11 is 0. The van der Waals surface area contributed by atoms with Gasteiger partial charge in [-0.05, 0) is 37.1 Å². The zero-order valence-corrected chi connectivity index (χ0v) is 17.7. The minimum absolute atomic E-state index is 0.119. The van der Waals surface area contributed by atoms with Gasteiger partial charge in [0.2, 0.25) is 11.3 Å². The van der Waals surface area contributed by atoms with E-state index in [2.05, 4.69) is 25.2 Å². The maximum Gasteiger partial charge on any atom is 0.226 e. The zero-order valence-electron chi connectivity index (χ0n) is 17.7. The van der Waals surface area contributed by atoms with Crippen LogP contribution in [0.15, 0.2) is 59.5 Å². The van der Waals surface area contributed by atoms with E-state index in [1.54, 1.807) is 10.7 Å². The van der Waals surface area contributed by atoms with E-state index in [0.717, 1.165) is 54.2 Å². The topological polar surface area (TPSA) is 94.7 Å². The predicted octanol–water partition coefficient (Wildman–Crippen LogP) is 3.41. The molecule has 1 N–H and O–H groups in total. The summed E-state index contributed by atoms with van der Waals surface area (Å²) in [5, 5.41) is 16.5. The van der Waals surface area contributed by atoms with Gasteiger partial charge in [0.05, 0.1) is 18.3 Å². The van der Waals surface area contributed by atoms with Crippen molar-refractivity contribution in [2.24, 2.45) is 0 Å². The van der Waals surface area contributed by atoms with Crippen molar-refractivity contribution in [2.45, 2.75) is 45.2 Å². The molecule has 0 aliphatic carbocycles. The summed E-state index contributed by atoms with van der Waals surface area (Å²) in [6.07, 6.45) is 5.97. The molecule has 1 aliphatic rings. The van der Waals surface area contributed by atoms with Crippen LogP contribution in [0.1, 0.15) is 31.5 Å². The number of nitrogens with zero attached hydrogens (tertiary/aromatic N) is 5. The predicted molar refractivity (Wildman–Crippen MR) is 122 cm³/mol. The zero-order chi connectivity index (χ0) is 21.9. The fourth-order valence-corrected chi connectivity index (χ4v) is 4.20. The molecule has 0 fully saturated rings. The molecule has 8 heteroatoms. The molecule has 8 nitrogen and oxygen atoms in total. The van der Waals surface area contributed by atoms with Crippen LogP contribution in [0.3, 0.4) is 0 Å². The van der Waals surface area contributed by atoms with Gasteiger partial charge in [-0.2, -0.15) is 5.10 Å². The number of carbonyl (C=O) groups is 1. The molecule has 0 saturated carbocycles. The molecule has 1 aliphatic heterocycles. The van der Waals surface area contributed by atoms with Crippen LogP contribution in [-0.2, 0) is 24.3 Å². The number of aromatic nitrogens is 5. The second-order valence-corrected chi connectivity index (χ2v) is 8.03. The lowest BCUT2D eigenvalue weighted by molar-refractivity contribution is -0.116. The Labute approximate surface area is 184 Å². The number of para-hydroxylation sites is 1. The number of nitrogens with one attached hydrogen (secondary N) is 1. The molecule has 32 heavy (non-hydrogen) atoms. The number of rotatable bonds is 5. The maximum atomic E-state index is 12.6. The first-order valence-corrected chi connectivity index (χ1v) is 11.0. The van der Waals surface area contributed by atoms with Gasteiger partial charge in [0, 0.05) is 36.0 Å². The van der Waals surface area contributed by atoms with E-state index < -0.39 is 0 Å². The number of benzene rings is 2. The molecule has 0 atom stereocenters. The van der Waals surface area contributed by atoms with Crippen LogP contribution >= 0.6 is 0 Å². The van der Waals surface area contributed by atoms with Crippen molar-refractivity contribution in [3.05, 3.63) is 70.8 Å². The van der Waals surface area contributed by atoms with E-state index in [4.69, 9.17) is 0 Å². The van der Waals surface area contributed by atoms with Gasteiger partial charge in [-0.1, -0.05) is 30.7 Å². The highest BCUT2D eigenvalue weighted by molar-refractivity contribution is 5.91. The highest BCUT2D eigenvalue weighted by Crippen LogP contribution is 2.25. The number of anilines is 1. The lowest BCUT2D eigenvalue weighted by Crippen LogP contribution is -2.18. The maximum absolute atomic E-state index is 12.6. The van der Waals surface area contributed by atoms with Gasteiger partial charge in [-0.25, -0.2) is 0 Å². The van der Waals surface area contributed by atoms with Crippen LogP contribution in [0.4, 0.5) is 5.69 Å². The molecule has 0 unspecified atom stereocenters. The van der Waals surface area contributed by atoms with Gasteiger partial charge in [-0.3, -0.25) is 14.3 Å². The van der Waals surface area contributed by atoms with Gasteiger partial charge in [0.25, 0.3) is 0 Å². The van der Waals surface area contributed by atoms with E-state index in [1.807, 2.05) is 42.5 Å². The number of amides is 1. The summed E-state index contributed by atoms with van der Waals surface area (Å²) in [4.78, 5) is 24.6. The number of carbonyl (C=O) groups excluding carboxylic acids is 1. The van der Waals surface area contributed by atoms with Crippen molar-refractivity contribution in [3.8, 4) is 11.4 Å². The average Bonchev–Trinajstić information content (AvgIpc) is 3.07. The third-order valence-corrected chi connectivity index (χ3v) is 5.83. The highest BCUT2D eigenvalue weighted by atomic mass is 16.1. The summed E-state index contributed by atoms with van der Waals surface area (Å²) in [7, 11) is 0. The monoisotopic (exact) mass is 428 g/mol. The Morgan fingerprint density at radius 3 is 2.88 bits per heavy atom. The SMILES string of the molecule is O=C(CCn1ncc(=O)c2ccccc21)Nc1cccc(-c2nnc3n2CCCCC3)c1. The summed E-state index contributed by atoms with van der Waals surface area (Å²) in [5.41, 5.74) is 2.26. The largest absolute Gasteiger partial charge is 0.326 e. The van der Waals surface area contributed by atoms with Crippen molar-refractivity contribution in [2.75, 3.05) is 5.32 Å². The Morgan fingerprint density at radius 2 is 1.94 bits per heavy atom. The third-order valence-electron chi connectivity index (χ3n) is 5.83. The Balaban J connectivity index is 1.30. The van der Waals surface area contributed by atoms with E-state index in [-0.39, 0.29) is 17.8 Å². The average molecular weight is 428 g/mol. The van der Waals surface area contributed by atoms with E-state index in [1.165, 1.54) is 12.6 Å². The number of aryl methyl sites for hydroxylation is 2. The van der Waals surface area contributed by atoms with Crippen molar-refractivity contribution >= 4 is 22.5 Å². The van der Waals surface area contributed by atoms with Crippen molar-refractivity contribution in [3.63, 3.8) is 0 Å². The fourth-order valence-electron chi connectivity index (χ4n) is 4.20. The number of hydrogen-bond acceptors (Lipinski definition) is 5. The lowest BCUT2D eigenvalue weighted by atomic mass is 10.2. The van der Waals surface area contributed by atoms with E-state index >= 15 is 0 Å². The second-order valence-electron chi connectivity index (χ2n) is 8.03. The first-order valence-electron chi connectivity index (χ1n) is 11.0. The highest BCUT2D eigenvalue weighted by Gasteiger charge is 2.16. The normalized spacial score (nSPS) is 13.5. The smallest absolute Gasteiger partial charge is 0.226 e. The van der Waals surface area contributed by atoms with Crippen molar-refractivity contribution in [1.29, 1.82) is 0 Å². The molecule has 3 heterocycles. The summed E-state index contributed by atoms with van der Waals surface area (Å²) in [6.45, 7) is 1.30. The first kappa shape index (κ1) is 20.1. The molecule has 2 aromatic carbocycles. The van der Waals surface area contributed by atoms with E-state index in [9.17, 15) is 9.59 Å². The Morgan fingerprint density at radius 1 is 1.03 bits per heavy atom. The molecule has 0 bridgehead atoms. The third kappa shape index (κ3) is 4.03. The molecular weight excluding hydrogens is 404 g/mol. The summed E-state index contributed by atoms with van der Waals surface area (Å²) in [5.74, 6) is 1.77. The molecule has 0 saturated heterocycles. The molecule has 2 aromatic heterocycles. The first-order chi connectivity index (χ1) is 15.7. The van der Waals surface area contributed by atoms with Crippen LogP contribution in [0, 0.1) is 0 Å². The molecule has 162 valence electrons. The van der Waals surface area contributed by atoms with Gasteiger partial charge >= 0.3 is 0 Å². The van der Waals surface area contributed by atoms with Crippen LogP contribution in [0.5, 0.6) is 0 Å². The number of fused-ring (bicyclic) bond motifs is 2. The lowest BCUT2D eigenvalue weighted by Gasteiger charge is -2.11. The molecule has 4 aromatic rings. The van der Waals surface area contributed by atoms with Crippen LogP contribution in [0.2, 0.25) is 0 Å². The second kappa shape index (κ2) is 8.74. The minimum atomic E-state index is -0.121. The van der Waals surface area contributed by atoms with Crippen molar-refractivity contribution in [1.82, 2.24) is 24.5 Å². The van der Waals surface area contributed by atoms with Crippen LogP contribution in [-0.4, -0.2) is 30.5 Å².